The van der Waals surface area contributed by atoms with Crippen LogP contribution in [-0.2, 0) is 9.84 Å². The van der Waals surface area contributed by atoms with Gasteiger partial charge in [-0.1, -0.05) is 35.3 Å². The average Bonchev–Trinajstić information content (AvgIpc) is 2.71. The highest BCUT2D eigenvalue weighted by atomic mass is 35.5. The normalized spacial score (nSPS) is 17.5. The number of likely N-dealkylation sites (tertiary alicyclic amines) is 1. The van der Waals surface area contributed by atoms with Crippen LogP contribution in [-0.4, -0.2) is 62.1 Å². The second-order valence-electron chi connectivity index (χ2n) is 8.17. The summed E-state index contributed by atoms with van der Waals surface area (Å²) in [6.45, 7) is 3.02. The van der Waals surface area contributed by atoms with Gasteiger partial charge in [-0.05, 0) is 44.0 Å². The molecule has 2 aromatic carbocycles. The first kappa shape index (κ1) is 24.8. The van der Waals surface area contributed by atoms with Crippen LogP contribution in [0, 0.1) is 0 Å². The Morgan fingerprint density at radius 2 is 1.84 bits per heavy atom. The van der Waals surface area contributed by atoms with E-state index in [1.807, 2.05) is 4.90 Å². The van der Waals surface area contributed by atoms with Crippen LogP contribution in [0.3, 0.4) is 0 Å². The zero-order valence-corrected chi connectivity index (χ0v) is 20.2. The summed E-state index contributed by atoms with van der Waals surface area (Å²) in [6, 6.07) is 11.1. The predicted molar refractivity (Wildman–Crippen MR) is 124 cm³/mol. The number of benzene rings is 2. The fourth-order valence-corrected chi connectivity index (χ4v) is 4.87. The minimum absolute atomic E-state index is 0.00371. The summed E-state index contributed by atoms with van der Waals surface area (Å²) in [5.74, 6) is 0.00973. The fraction of sp³-hybridized carbons (Fsp3) is 0.409. The third-order valence-corrected chi connectivity index (χ3v) is 7.07. The van der Waals surface area contributed by atoms with E-state index in [1.54, 1.807) is 30.3 Å². The molecule has 0 bridgehead atoms. The van der Waals surface area contributed by atoms with Gasteiger partial charge in [0.1, 0.15) is 17.6 Å². The highest BCUT2D eigenvalue weighted by molar-refractivity contribution is 7.90. The summed E-state index contributed by atoms with van der Waals surface area (Å²) in [6.07, 6.45) is 2.52. The molecule has 1 saturated heterocycles. The molecule has 0 aliphatic carbocycles. The fourth-order valence-electron chi connectivity index (χ4n) is 3.69. The van der Waals surface area contributed by atoms with Crippen molar-refractivity contribution in [3.8, 4) is 5.75 Å². The number of piperidine rings is 1. The van der Waals surface area contributed by atoms with Gasteiger partial charge in [0.2, 0.25) is 0 Å². The van der Waals surface area contributed by atoms with E-state index in [-0.39, 0.29) is 23.1 Å². The molecule has 2 aromatic rings. The van der Waals surface area contributed by atoms with Crippen LogP contribution < -0.4 is 10.1 Å². The number of nitrogens with zero attached hydrogens (tertiary/aromatic N) is 1. The predicted octanol–water partition coefficient (Wildman–Crippen LogP) is 3.38. The molecule has 1 aliphatic rings. The number of halogens is 2. The van der Waals surface area contributed by atoms with Gasteiger partial charge in [-0.15, -0.1) is 0 Å². The van der Waals surface area contributed by atoms with E-state index >= 15 is 0 Å². The molecule has 0 spiro atoms. The monoisotopic (exact) mass is 500 g/mol. The van der Waals surface area contributed by atoms with Crippen molar-refractivity contribution in [2.75, 3.05) is 25.9 Å². The Kier molecular flexibility index (Phi) is 7.73. The van der Waals surface area contributed by atoms with Gasteiger partial charge in [-0.3, -0.25) is 9.69 Å². The molecule has 0 aromatic heterocycles. The van der Waals surface area contributed by atoms with Gasteiger partial charge < -0.3 is 15.2 Å². The molecule has 7 nitrogen and oxygen atoms in total. The number of hydrogen-bond donors (Lipinski definition) is 2. The molecule has 1 aliphatic heterocycles. The number of rotatable bonds is 7. The Hall–Kier alpha value is -1.84. The molecule has 0 unspecified atom stereocenters. The number of sulfone groups is 1. The second-order valence-corrected chi connectivity index (χ2v) is 11.0. The lowest BCUT2D eigenvalue weighted by molar-refractivity contribution is -0.0187. The molecule has 1 fully saturated rings. The molecule has 0 saturated carbocycles. The lowest BCUT2D eigenvalue weighted by Gasteiger charge is -2.37. The maximum Gasteiger partial charge on any atom is 0.254 e. The standard InChI is InChI=1S/C22H26Cl2N2O5S/c1-22(28,25-21(27)17-5-3-4-6-20(17)32(2,29)30)14-26-11-9-15(10-12-26)31-16-7-8-18(23)19(24)13-16/h3-8,13,15,28H,9-12,14H2,1-2H3,(H,25,27)/t22-/m1/s1. The Morgan fingerprint density at radius 1 is 1.19 bits per heavy atom. The molecule has 32 heavy (non-hydrogen) atoms. The molecular formula is C22H26Cl2N2O5S. The third-order valence-electron chi connectivity index (χ3n) is 5.17. The van der Waals surface area contributed by atoms with E-state index in [2.05, 4.69) is 5.32 Å². The number of aliphatic hydroxyl groups is 1. The number of hydrogen-bond acceptors (Lipinski definition) is 6. The summed E-state index contributed by atoms with van der Waals surface area (Å²) in [7, 11) is -3.58. The van der Waals surface area contributed by atoms with Crippen molar-refractivity contribution in [3.63, 3.8) is 0 Å². The number of carbonyl (C=O) groups excluding carboxylic acids is 1. The Morgan fingerprint density at radius 3 is 2.47 bits per heavy atom. The van der Waals surface area contributed by atoms with Gasteiger partial charge in [-0.2, -0.15) is 0 Å². The van der Waals surface area contributed by atoms with Crippen LogP contribution in [0.4, 0.5) is 0 Å². The molecule has 2 N–H and O–H groups in total. The molecule has 3 rings (SSSR count). The lowest BCUT2D eigenvalue weighted by Crippen LogP contribution is -2.55. The van der Waals surface area contributed by atoms with Crippen LogP contribution >= 0.6 is 23.2 Å². The first-order chi connectivity index (χ1) is 14.9. The van der Waals surface area contributed by atoms with Crippen LogP contribution in [0.15, 0.2) is 47.4 Å². The van der Waals surface area contributed by atoms with E-state index in [0.29, 0.717) is 28.9 Å². The average molecular weight is 501 g/mol. The van der Waals surface area contributed by atoms with Crippen molar-refractivity contribution >= 4 is 38.9 Å². The Labute approximate surface area is 198 Å². The topological polar surface area (TPSA) is 95.9 Å². The van der Waals surface area contributed by atoms with Crippen molar-refractivity contribution in [3.05, 3.63) is 58.1 Å². The summed E-state index contributed by atoms with van der Waals surface area (Å²) < 4.78 is 29.9. The number of carbonyl (C=O) groups is 1. The maximum atomic E-state index is 12.7. The summed E-state index contributed by atoms with van der Waals surface area (Å²) >= 11 is 12.0. The molecule has 0 radical (unpaired) electrons. The van der Waals surface area contributed by atoms with Gasteiger partial charge in [-0.25, -0.2) is 8.42 Å². The van der Waals surface area contributed by atoms with Crippen molar-refractivity contribution in [1.29, 1.82) is 0 Å². The van der Waals surface area contributed by atoms with E-state index in [9.17, 15) is 18.3 Å². The van der Waals surface area contributed by atoms with Crippen LogP contribution in [0.5, 0.6) is 5.75 Å². The van der Waals surface area contributed by atoms with Crippen molar-refractivity contribution in [2.24, 2.45) is 0 Å². The number of ether oxygens (including phenoxy) is 1. The van der Waals surface area contributed by atoms with Gasteiger partial charge in [0.05, 0.1) is 20.5 Å². The molecule has 1 heterocycles. The third kappa shape index (κ3) is 6.59. The molecular weight excluding hydrogens is 475 g/mol. The lowest BCUT2D eigenvalue weighted by atomic mass is 10.1. The SMILES string of the molecule is C[C@@](O)(CN1CCC(Oc2ccc(Cl)c(Cl)c2)CC1)NC(=O)c1ccccc1S(C)(=O)=O. The van der Waals surface area contributed by atoms with Gasteiger partial charge in [0, 0.05) is 32.0 Å². The smallest absolute Gasteiger partial charge is 0.254 e. The van der Waals surface area contributed by atoms with Crippen molar-refractivity contribution in [2.45, 2.75) is 36.5 Å². The van der Waals surface area contributed by atoms with Crippen LogP contribution in [0.25, 0.3) is 0 Å². The minimum atomic E-state index is -3.58. The maximum absolute atomic E-state index is 12.7. The quantitative estimate of drug-likeness (QED) is 0.565. The second kappa shape index (κ2) is 9.97. The summed E-state index contributed by atoms with van der Waals surface area (Å²) in [5.41, 5.74) is -1.54. The molecule has 174 valence electrons. The summed E-state index contributed by atoms with van der Waals surface area (Å²) in [5, 5.41) is 14.2. The van der Waals surface area contributed by atoms with E-state index in [4.69, 9.17) is 27.9 Å². The number of amides is 1. The minimum Gasteiger partial charge on any atom is -0.490 e. The van der Waals surface area contributed by atoms with E-state index in [0.717, 1.165) is 19.1 Å². The van der Waals surface area contributed by atoms with Crippen molar-refractivity contribution < 1.29 is 23.1 Å². The number of nitrogens with one attached hydrogen (secondary N) is 1. The van der Waals surface area contributed by atoms with Crippen LogP contribution in [0.1, 0.15) is 30.1 Å². The first-order valence-electron chi connectivity index (χ1n) is 10.1. The van der Waals surface area contributed by atoms with E-state index in [1.165, 1.54) is 19.1 Å². The Balaban J connectivity index is 1.55. The summed E-state index contributed by atoms with van der Waals surface area (Å²) in [4.78, 5) is 14.6. The first-order valence-corrected chi connectivity index (χ1v) is 12.8. The zero-order chi connectivity index (χ0) is 23.5. The largest absolute Gasteiger partial charge is 0.490 e. The molecule has 1 atom stereocenters. The van der Waals surface area contributed by atoms with Gasteiger partial charge in [0.15, 0.2) is 9.84 Å². The zero-order valence-electron chi connectivity index (χ0n) is 17.8. The highest BCUT2D eigenvalue weighted by Crippen LogP contribution is 2.28. The highest BCUT2D eigenvalue weighted by Gasteiger charge is 2.31. The molecule has 10 heteroatoms. The van der Waals surface area contributed by atoms with Gasteiger partial charge >= 0.3 is 0 Å². The van der Waals surface area contributed by atoms with E-state index < -0.39 is 21.5 Å². The van der Waals surface area contributed by atoms with Gasteiger partial charge in [0.25, 0.3) is 5.91 Å². The van der Waals surface area contributed by atoms with Crippen LogP contribution in [0.2, 0.25) is 10.0 Å². The Bertz CT molecular complexity index is 1080. The number of β-amino-alcohol motifs (C(OH)–C–C–N with tert-alkyl or cyclic N) is 1. The van der Waals surface area contributed by atoms with Crippen molar-refractivity contribution in [1.82, 2.24) is 10.2 Å². The molecule has 1 amide bonds.